The van der Waals surface area contributed by atoms with E-state index < -0.39 is 20.7 Å². The SMILES string of the molecule is Nc1cccc(F)c1S(=O)(=O)Nc1ncnc(Cl)c1Cl. The highest BCUT2D eigenvalue weighted by Crippen LogP contribution is 2.29. The first-order chi connectivity index (χ1) is 9.33. The number of benzene rings is 1. The molecule has 2 aromatic rings. The van der Waals surface area contributed by atoms with Gasteiger partial charge in [-0.15, -0.1) is 0 Å². The molecular formula is C10H7Cl2FN4O2S. The number of nitrogens with two attached hydrogens (primary N) is 1. The van der Waals surface area contributed by atoms with Gasteiger partial charge in [0.2, 0.25) is 0 Å². The molecule has 10 heteroatoms. The minimum atomic E-state index is -4.30. The summed E-state index contributed by atoms with van der Waals surface area (Å²) < 4.78 is 39.9. The van der Waals surface area contributed by atoms with Crippen LogP contribution in [0.1, 0.15) is 0 Å². The van der Waals surface area contributed by atoms with Crippen molar-refractivity contribution >= 4 is 44.7 Å². The van der Waals surface area contributed by atoms with Crippen LogP contribution in [0.2, 0.25) is 10.2 Å². The van der Waals surface area contributed by atoms with E-state index in [0.29, 0.717) is 0 Å². The van der Waals surface area contributed by atoms with Gasteiger partial charge in [0.15, 0.2) is 11.0 Å². The molecule has 0 unspecified atom stereocenters. The summed E-state index contributed by atoms with van der Waals surface area (Å²) in [5.74, 6) is -1.26. The van der Waals surface area contributed by atoms with Gasteiger partial charge in [0.1, 0.15) is 22.1 Å². The number of nitrogens with zero attached hydrogens (tertiary/aromatic N) is 2. The van der Waals surface area contributed by atoms with Gasteiger partial charge in [0, 0.05) is 0 Å². The smallest absolute Gasteiger partial charge is 0.268 e. The minimum Gasteiger partial charge on any atom is -0.398 e. The third-order valence-electron chi connectivity index (χ3n) is 2.24. The first kappa shape index (κ1) is 14.8. The van der Waals surface area contributed by atoms with Gasteiger partial charge in [0.25, 0.3) is 10.0 Å². The van der Waals surface area contributed by atoms with Crippen molar-refractivity contribution in [1.29, 1.82) is 0 Å². The van der Waals surface area contributed by atoms with Gasteiger partial charge >= 0.3 is 0 Å². The summed E-state index contributed by atoms with van der Waals surface area (Å²) in [5.41, 5.74) is 5.24. The van der Waals surface area contributed by atoms with Crippen molar-refractivity contribution < 1.29 is 12.8 Å². The van der Waals surface area contributed by atoms with Crippen molar-refractivity contribution in [3.05, 3.63) is 40.5 Å². The Labute approximate surface area is 123 Å². The summed E-state index contributed by atoms with van der Waals surface area (Å²) in [4.78, 5) is 6.51. The number of aromatic nitrogens is 2. The van der Waals surface area contributed by atoms with E-state index in [0.717, 1.165) is 12.4 Å². The number of halogens is 3. The van der Waals surface area contributed by atoms with Crippen molar-refractivity contribution in [3.63, 3.8) is 0 Å². The predicted molar refractivity (Wildman–Crippen MR) is 73.7 cm³/mol. The molecule has 0 fully saturated rings. The number of hydrogen-bond acceptors (Lipinski definition) is 5. The number of anilines is 2. The van der Waals surface area contributed by atoms with Crippen LogP contribution >= 0.6 is 23.2 Å². The van der Waals surface area contributed by atoms with E-state index in [9.17, 15) is 12.8 Å². The maximum atomic E-state index is 13.6. The lowest BCUT2D eigenvalue weighted by Gasteiger charge is -2.11. The Hall–Kier alpha value is -1.64. The summed E-state index contributed by atoms with van der Waals surface area (Å²) in [6, 6.07) is 3.52. The Morgan fingerprint density at radius 2 is 1.95 bits per heavy atom. The third kappa shape index (κ3) is 2.77. The van der Waals surface area contributed by atoms with Gasteiger partial charge in [-0.3, -0.25) is 4.72 Å². The number of nitrogen functional groups attached to an aromatic ring is 1. The van der Waals surface area contributed by atoms with E-state index in [1.165, 1.54) is 12.1 Å². The fourth-order valence-electron chi connectivity index (χ4n) is 1.41. The zero-order chi connectivity index (χ0) is 14.9. The van der Waals surface area contributed by atoms with E-state index >= 15 is 0 Å². The standard InChI is InChI=1S/C10H7Cl2FN4O2S/c11-7-9(12)15-4-16-10(7)17-20(18,19)8-5(13)2-1-3-6(8)14/h1-4H,14H2,(H,15,16,17). The quantitative estimate of drug-likeness (QED) is 0.662. The average Bonchev–Trinajstić information content (AvgIpc) is 2.34. The van der Waals surface area contributed by atoms with Crippen LogP contribution in [-0.2, 0) is 10.0 Å². The van der Waals surface area contributed by atoms with E-state index in [-0.39, 0.29) is 21.7 Å². The molecule has 1 aromatic carbocycles. The molecule has 0 aliphatic rings. The first-order valence-electron chi connectivity index (χ1n) is 5.05. The fourth-order valence-corrected chi connectivity index (χ4v) is 2.96. The molecule has 1 heterocycles. The van der Waals surface area contributed by atoms with Crippen LogP contribution in [0.3, 0.4) is 0 Å². The van der Waals surface area contributed by atoms with Crippen LogP contribution in [-0.4, -0.2) is 18.4 Å². The summed E-state index contributed by atoms with van der Waals surface area (Å²) in [6.07, 6.45) is 1.01. The van der Waals surface area contributed by atoms with Crippen LogP contribution in [0.25, 0.3) is 0 Å². The largest absolute Gasteiger partial charge is 0.398 e. The van der Waals surface area contributed by atoms with Gasteiger partial charge in [-0.2, -0.15) is 0 Å². The lowest BCUT2D eigenvalue weighted by molar-refractivity contribution is 0.571. The van der Waals surface area contributed by atoms with Gasteiger partial charge in [0.05, 0.1) is 5.69 Å². The van der Waals surface area contributed by atoms with Gasteiger partial charge < -0.3 is 5.73 Å². The molecule has 0 aliphatic heterocycles. The van der Waals surface area contributed by atoms with Crippen LogP contribution in [0.5, 0.6) is 0 Å². The third-order valence-corrected chi connectivity index (χ3v) is 4.42. The van der Waals surface area contributed by atoms with Crippen LogP contribution < -0.4 is 10.5 Å². The molecule has 6 nitrogen and oxygen atoms in total. The summed E-state index contributed by atoms with van der Waals surface area (Å²) >= 11 is 11.4. The Kier molecular flexibility index (Phi) is 3.98. The van der Waals surface area contributed by atoms with Crippen molar-refractivity contribution in [2.75, 3.05) is 10.5 Å². The second kappa shape index (κ2) is 5.39. The molecule has 0 atom stereocenters. The average molecular weight is 337 g/mol. The number of rotatable bonds is 3. The van der Waals surface area contributed by atoms with Gasteiger partial charge in [-0.25, -0.2) is 22.8 Å². The molecule has 0 spiro atoms. The number of nitrogens with one attached hydrogen (secondary N) is 1. The van der Waals surface area contributed by atoms with Crippen LogP contribution in [0.4, 0.5) is 15.9 Å². The Bertz CT molecular complexity index is 750. The molecular weight excluding hydrogens is 330 g/mol. The monoisotopic (exact) mass is 336 g/mol. The highest BCUT2D eigenvalue weighted by molar-refractivity contribution is 7.92. The maximum Gasteiger partial charge on any atom is 0.268 e. The normalized spacial score (nSPS) is 11.3. The second-order valence-electron chi connectivity index (χ2n) is 3.59. The molecule has 0 saturated heterocycles. The zero-order valence-electron chi connectivity index (χ0n) is 9.64. The summed E-state index contributed by atoms with van der Waals surface area (Å²) in [7, 11) is -4.30. The first-order valence-corrected chi connectivity index (χ1v) is 7.29. The zero-order valence-corrected chi connectivity index (χ0v) is 12.0. The predicted octanol–water partition coefficient (Wildman–Crippen LogP) is 2.31. The van der Waals surface area contributed by atoms with Crippen molar-refractivity contribution in [2.24, 2.45) is 0 Å². The van der Waals surface area contributed by atoms with Gasteiger partial charge in [-0.1, -0.05) is 29.3 Å². The second-order valence-corrected chi connectivity index (χ2v) is 5.95. The molecule has 106 valence electrons. The van der Waals surface area contributed by atoms with E-state index in [1.54, 1.807) is 0 Å². The molecule has 1 aromatic heterocycles. The fraction of sp³-hybridized carbons (Fsp3) is 0. The molecule has 0 aliphatic carbocycles. The molecule has 0 bridgehead atoms. The lowest BCUT2D eigenvalue weighted by atomic mass is 10.3. The highest BCUT2D eigenvalue weighted by Gasteiger charge is 2.24. The Morgan fingerprint density at radius 3 is 2.60 bits per heavy atom. The highest BCUT2D eigenvalue weighted by atomic mass is 35.5. The molecule has 0 amide bonds. The Balaban J connectivity index is 2.50. The van der Waals surface area contributed by atoms with Crippen molar-refractivity contribution in [3.8, 4) is 0 Å². The Morgan fingerprint density at radius 1 is 1.25 bits per heavy atom. The van der Waals surface area contributed by atoms with Crippen molar-refractivity contribution in [1.82, 2.24) is 9.97 Å². The minimum absolute atomic E-state index is 0.138. The van der Waals surface area contributed by atoms with Crippen molar-refractivity contribution in [2.45, 2.75) is 4.90 Å². The van der Waals surface area contributed by atoms with E-state index in [4.69, 9.17) is 28.9 Å². The summed E-state index contributed by atoms with van der Waals surface area (Å²) in [5, 5.41) is -0.339. The molecule has 0 saturated carbocycles. The number of hydrogen-bond donors (Lipinski definition) is 2. The lowest BCUT2D eigenvalue weighted by Crippen LogP contribution is -2.17. The molecule has 3 N–H and O–H groups in total. The molecule has 20 heavy (non-hydrogen) atoms. The van der Waals surface area contributed by atoms with Crippen LogP contribution in [0.15, 0.2) is 29.4 Å². The van der Waals surface area contributed by atoms with E-state index in [2.05, 4.69) is 9.97 Å². The maximum absolute atomic E-state index is 13.6. The van der Waals surface area contributed by atoms with Gasteiger partial charge in [-0.05, 0) is 12.1 Å². The summed E-state index contributed by atoms with van der Waals surface area (Å²) in [6.45, 7) is 0. The van der Waals surface area contributed by atoms with E-state index in [1.807, 2.05) is 4.72 Å². The topological polar surface area (TPSA) is 98.0 Å². The number of sulfonamides is 1. The van der Waals surface area contributed by atoms with Crippen LogP contribution in [0, 0.1) is 5.82 Å². The molecule has 2 rings (SSSR count). The molecule has 0 radical (unpaired) electrons.